The summed E-state index contributed by atoms with van der Waals surface area (Å²) in [4.78, 5) is 3.95. The maximum atomic E-state index is 3.73. The predicted octanol–water partition coefficient (Wildman–Crippen LogP) is 4.01. The fraction of sp³-hybridized carbons (Fsp3) is 0.647. The molecule has 2 rings (SSSR count). The summed E-state index contributed by atoms with van der Waals surface area (Å²) in [6.45, 7) is 9.15. The zero-order chi connectivity index (χ0) is 14.5. The molecule has 1 aromatic rings. The van der Waals surface area contributed by atoms with Crippen LogP contribution in [0.1, 0.15) is 33.6 Å². The van der Waals surface area contributed by atoms with Crippen LogP contribution in [0.15, 0.2) is 29.2 Å². The van der Waals surface area contributed by atoms with E-state index >= 15 is 0 Å². The Morgan fingerprint density at radius 1 is 1.30 bits per heavy atom. The van der Waals surface area contributed by atoms with Crippen molar-refractivity contribution in [1.82, 2.24) is 5.32 Å². The molecule has 0 amide bonds. The molecular formula is C17H28N2S. The quantitative estimate of drug-likeness (QED) is 0.826. The molecule has 1 heterocycles. The predicted molar refractivity (Wildman–Crippen MR) is 90.9 cm³/mol. The summed E-state index contributed by atoms with van der Waals surface area (Å²) < 4.78 is 0. The molecule has 1 fully saturated rings. The van der Waals surface area contributed by atoms with E-state index in [2.05, 4.69) is 61.5 Å². The molecule has 1 saturated heterocycles. The van der Waals surface area contributed by atoms with Crippen molar-refractivity contribution in [2.75, 3.05) is 24.2 Å². The van der Waals surface area contributed by atoms with Crippen molar-refractivity contribution in [3.63, 3.8) is 0 Å². The van der Waals surface area contributed by atoms with Gasteiger partial charge in [-0.15, -0.1) is 11.8 Å². The Bertz CT molecular complexity index is 402. The first-order valence-electron chi connectivity index (χ1n) is 7.78. The second-order valence-corrected chi connectivity index (χ2v) is 7.03. The van der Waals surface area contributed by atoms with Crippen molar-refractivity contribution in [2.24, 2.45) is 5.92 Å². The maximum absolute atomic E-state index is 3.73. The third-order valence-corrected chi connectivity index (χ3v) is 4.87. The van der Waals surface area contributed by atoms with Gasteiger partial charge in [-0.1, -0.05) is 20.8 Å². The van der Waals surface area contributed by atoms with Gasteiger partial charge in [0.15, 0.2) is 0 Å². The molecule has 1 aliphatic rings. The van der Waals surface area contributed by atoms with E-state index in [0.717, 1.165) is 19.0 Å². The van der Waals surface area contributed by atoms with Crippen LogP contribution >= 0.6 is 11.8 Å². The lowest BCUT2D eigenvalue weighted by Crippen LogP contribution is -2.56. The van der Waals surface area contributed by atoms with Crippen molar-refractivity contribution in [1.29, 1.82) is 0 Å². The standard InChI is InChI=1S/C17H28N2S/c1-5-15-11-18-14(10-13(2)3)12-19(15)16-6-8-17(20-4)9-7-16/h6-9,13-15,18H,5,10-12H2,1-4H3. The minimum atomic E-state index is 0.623. The second kappa shape index (κ2) is 7.37. The Hall–Kier alpha value is -0.670. The molecule has 20 heavy (non-hydrogen) atoms. The Morgan fingerprint density at radius 3 is 2.55 bits per heavy atom. The summed E-state index contributed by atoms with van der Waals surface area (Å²) in [5, 5.41) is 3.73. The number of hydrogen-bond donors (Lipinski definition) is 1. The monoisotopic (exact) mass is 292 g/mol. The molecule has 0 saturated carbocycles. The third kappa shape index (κ3) is 3.92. The highest BCUT2D eigenvalue weighted by Gasteiger charge is 2.27. The SMILES string of the molecule is CCC1CNC(CC(C)C)CN1c1ccc(SC)cc1. The van der Waals surface area contributed by atoms with Gasteiger partial charge in [0.25, 0.3) is 0 Å². The number of nitrogens with one attached hydrogen (secondary N) is 1. The van der Waals surface area contributed by atoms with E-state index in [9.17, 15) is 0 Å². The smallest absolute Gasteiger partial charge is 0.0412 e. The van der Waals surface area contributed by atoms with Crippen molar-refractivity contribution in [3.05, 3.63) is 24.3 Å². The number of nitrogens with zero attached hydrogens (tertiary/aromatic N) is 1. The molecule has 2 unspecified atom stereocenters. The van der Waals surface area contributed by atoms with E-state index in [4.69, 9.17) is 0 Å². The van der Waals surface area contributed by atoms with Gasteiger partial charge in [0, 0.05) is 35.8 Å². The van der Waals surface area contributed by atoms with Gasteiger partial charge in [0.1, 0.15) is 0 Å². The van der Waals surface area contributed by atoms with Crippen molar-refractivity contribution < 1.29 is 0 Å². The summed E-state index contributed by atoms with van der Waals surface area (Å²) >= 11 is 1.81. The fourth-order valence-electron chi connectivity index (χ4n) is 3.05. The number of benzene rings is 1. The molecule has 0 bridgehead atoms. The highest BCUT2D eigenvalue weighted by Crippen LogP contribution is 2.25. The minimum Gasteiger partial charge on any atom is -0.366 e. The normalized spacial score (nSPS) is 23.4. The molecule has 1 N–H and O–H groups in total. The van der Waals surface area contributed by atoms with Gasteiger partial charge in [0.2, 0.25) is 0 Å². The lowest BCUT2D eigenvalue weighted by molar-refractivity contribution is 0.343. The van der Waals surface area contributed by atoms with Crippen LogP contribution in [0.4, 0.5) is 5.69 Å². The molecular weight excluding hydrogens is 264 g/mol. The second-order valence-electron chi connectivity index (χ2n) is 6.15. The average Bonchev–Trinajstić information content (AvgIpc) is 2.46. The molecule has 1 aliphatic heterocycles. The first kappa shape index (κ1) is 15.7. The summed E-state index contributed by atoms with van der Waals surface area (Å²) in [5.74, 6) is 0.756. The molecule has 0 aromatic heterocycles. The minimum absolute atomic E-state index is 0.623. The topological polar surface area (TPSA) is 15.3 Å². The molecule has 1 aromatic carbocycles. The summed E-state index contributed by atoms with van der Waals surface area (Å²) in [6, 6.07) is 10.3. The van der Waals surface area contributed by atoms with E-state index in [1.54, 1.807) is 0 Å². The Balaban J connectivity index is 2.11. The maximum Gasteiger partial charge on any atom is 0.0412 e. The van der Waals surface area contributed by atoms with Crippen LogP contribution in [-0.2, 0) is 0 Å². The highest BCUT2D eigenvalue weighted by molar-refractivity contribution is 7.98. The first-order chi connectivity index (χ1) is 9.63. The van der Waals surface area contributed by atoms with Crippen LogP contribution in [0, 0.1) is 5.92 Å². The zero-order valence-corrected chi connectivity index (χ0v) is 14.0. The molecule has 2 nitrogen and oxygen atoms in total. The number of thioether (sulfide) groups is 1. The van der Waals surface area contributed by atoms with E-state index < -0.39 is 0 Å². The van der Waals surface area contributed by atoms with Gasteiger partial charge in [-0.3, -0.25) is 0 Å². The fourth-order valence-corrected chi connectivity index (χ4v) is 3.45. The molecule has 0 aliphatic carbocycles. The lowest BCUT2D eigenvalue weighted by Gasteiger charge is -2.42. The summed E-state index contributed by atoms with van der Waals surface area (Å²) in [7, 11) is 0. The summed E-state index contributed by atoms with van der Waals surface area (Å²) in [5.41, 5.74) is 1.38. The molecule has 3 heteroatoms. The highest BCUT2D eigenvalue weighted by atomic mass is 32.2. The Morgan fingerprint density at radius 2 is 2.00 bits per heavy atom. The van der Waals surface area contributed by atoms with Crippen LogP contribution < -0.4 is 10.2 Å². The van der Waals surface area contributed by atoms with Crippen LogP contribution in [0.3, 0.4) is 0 Å². The van der Waals surface area contributed by atoms with Crippen molar-refractivity contribution in [3.8, 4) is 0 Å². The van der Waals surface area contributed by atoms with E-state index in [1.165, 1.54) is 23.4 Å². The molecule has 0 spiro atoms. The van der Waals surface area contributed by atoms with Crippen LogP contribution in [0.2, 0.25) is 0 Å². The summed E-state index contributed by atoms with van der Waals surface area (Å²) in [6.07, 6.45) is 4.59. The van der Waals surface area contributed by atoms with E-state index in [0.29, 0.717) is 12.1 Å². The first-order valence-corrected chi connectivity index (χ1v) is 9.00. The number of anilines is 1. The van der Waals surface area contributed by atoms with E-state index in [-0.39, 0.29) is 0 Å². The van der Waals surface area contributed by atoms with Gasteiger partial charge < -0.3 is 10.2 Å². The van der Waals surface area contributed by atoms with Crippen LogP contribution in [0.25, 0.3) is 0 Å². The third-order valence-electron chi connectivity index (χ3n) is 4.13. The van der Waals surface area contributed by atoms with Crippen molar-refractivity contribution >= 4 is 17.4 Å². The lowest BCUT2D eigenvalue weighted by atomic mass is 9.98. The van der Waals surface area contributed by atoms with Crippen molar-refractivity contribution in [2.45, 2.75) is 50.6 Å². The van der Waals surface area contributed by atoms with Gasteiger partial charge in [-0.05, 0) is 49.3 Å². The Kier molecular flexibility index (Phi) is 5.79. The van der Waals surface area contributed by atoms with Gasteiger partial charge in [0.05, 0.1) is 0 Å². The largest absolute Gasteiger partial charge is 0.366 e. The Labute approximate surface area is 128 Å². The molecule has 2 atom stereocenters. The number of hydrogen-bond acceptors (Lipinski definition) is 3. The van der Waals surface area contributed by atoms with Crippen LogP contribution in [0.5, 0.6) is 0 Å². The van der Waals surface area contributed by atoms with Gasteiger partial charge in [-0.25, -0.2) is 0 Å². The number of rotatable bonds is 5. The number of piperazine rings is 1. The van der Waals surface area contributed by atoms with Gasteiger partial charge >= 0.3 is 0 Å². The molecule has 112 valence electrons. The van der Waals surface area contributed by atoms with Crippen LogP contribution in [-0.4, -0.2) is 31.4 Å². The zero-order valence-electron chi connectivity index (χ0n) is 13.2. The average molecular weight is 292 g/mol. The van der Waals surface area contributed by atoms with Gasteiger partial charge in [-0.2, -0.15) is 0 Å². The van der Waals surface area contributed by atoms with E-state index in [1.807, 2.05) is 11.8 Å². The molecule has 0 radical (unpaired) electrons.